The molecule has 0 atom stereocenters. The number of hydrogen-bond donors (Lipinski definition) is 1. The second-order valence-corrected chi connectivity index (χ2v) is 1.81. The molecule has 54 valence electrons. The lowest BCUT2D eigenvalue weighted by Gasteiger charge is -2.04. The van der Waals surface area contributed by atoms with Crippen molar-refractivity contribution < 1.29 is 7.48 Å². The Morgan fingerprint density at radius 1 is 1.80 bits per heavy atom. The van der Waals surface area contributed by atoms with Gasteiger partial charge in [0.25, 0.3) is 0 Å². The lowest BCUT2D eigenvalue weighted by Crippen LogP contribution is -1.95. The Balaban J connectivity index is 3.09. The van der Waals surface area contributed by atoms with Crippen LogP contribution in [0.1, 0.15) is 9.67 Å². The largest absolute Gasteiger partial charge is 0.492 e. The van der Waals surface area contributed by atoms with E-state index >= 15 is 0 Å². The Morgan fingerprint density at radius 2 is 2.60 bits per heavy atom. The van der Waals surface area contributed by atoms with Gasteiger partial charge in [-0.2, -0.15) is 0 Å². The highest BCUT2D eigenvalue weighted by atomic mass is 16.5. The van der Waals surface area contributed by atoms with E-state index in [1.54, 1.807) is 0 Å². The highest BCUT2D eigenvalue weighted by Crippen LogP contribution is 2.18. The van der Waals surface area contributed by atoms with Crippen molar-refractivity contribution >= 4 is 5.69 Å². The zero-order valence-corrected chi connectivity index (χ0v) is 5.85. The first-order chi connectivity index (χ1) is 5.65. The first-order valence-corrected chi connectivity index (χ1v) is 3.14. The Labute approximate surface area is 63.4 Å². The highest BCUT2D eigenvalue weighted by Gasteiger charge is 1.93. The molecule has 1 rings (SSSR count). The summed E-state index contributed by atoms with van der Waals surface area (Å²) in [7, 11) is 0. The van der Waals surface area contributed by atoms with E-state index in [-0.39, 0.29) is 12.1 Å². The molecular formula is C8H11NO. The second-order valence-electron chi connectivity index (χ2n) is 1.81. The third kappa shape index (κ3) is 1.41. The van der Waals surface area contributed by atoms with Gasteiger partial charge in [-0.05, 0) is 19.0 Å². The molecule has 0 fully saturated rings. The van der Waals surface area contributed by atoms with Crippen LogP contribution in [0.25, 0.3) is 0 Å². The van der Waals surface area contributed by atoms with Gasteiger partial charge in [-0.15, -0.1) is 0 Å². The summed E-state index contributed by atoms with van der Waals surface area (Å²) < 4.78 is 19.8. The molecule has 0 amide bonds. The summed E-state index contributed by atoms with van der Waals surface area (Å²) in [5.41, 5.74) is 5.84. The van der Waals surface area contributed by atoms with Crippen molar-refractivity contribution in [2.24, 2.45) is 0 Å². The molecule has 2 nitrogen and oxygen atoms in total. The molecule has 0 spiro atoms. The van der Waals surface area contributed by atoms with Gasteiger partial charge in [0, 0.05) is 0 Å². The SMILES string of the molecule is [2H]c1cc([2H])c(N)c(OCC)c1. The fourth-order valence-corrected chi connectivity index (χ4v) is 0.661. The maximum absolute atomic E-state index is 7.35. The summed E-state index contributed by atoms with van der Waals surface area (Å²) in [5, 5.41) is 0. The van der Waals surface area contributed by atoms with Crippen molar-refractivity contribution in [3.05, 3.63) is 24.2 Å². The molecule has 0 aliphatic heterocycles. The molecule has 0 aliphatic carbocycles. The first kappa shape index (κ1) is 4.61. The van der Waals surface area contributed by atoms with Crippen molar-refractivity contribution in [2.75, 3.05) is 12.3 Å². The molecule has 0 saturated heterocycles. The number of nitrogen functional groups attached to an aromatic ring is 1. The summed E-state index contributed by atoms with van der Waals surface area (Å²) in [6.07, 6.45) is 0. The van der Waals surface area contributed by atoms with Gasteiger partial charge in [0.2, 0.25) is 0 Å². The van der Waals surface area contributed by atoms with Gasteiger partial charge >= 0.3 is 0 Å². The average Bonchev–Trinajstić information content (AvgIpc) is 2.00. The van der Waals surface area contributed by atoms with Crippen molar-refractivity contribution in [3.63, 3.8) is 0 Å². The molecular weight excluding hydrogens is 126 g/mol. The second kappa shape index (κ2) is 3.11. The standard InChI is InChI=1S/C8H11NO/c1-2-10-8-6-4-3-5-7(8)9/h3-6H,2,9H2,1H3/i4D,5D. The molecule has 0 aromatic heterocycles. The summed E-state index contributed by atoms with van der Waals surface area (Å²) in [6, 6.07) is 3.29. The Morgan fingerprint density at radius 3 is 3.30 bits per heavy atom. The number of hydrogen-bond acceptors (Lipinski definition) is 2. The van der Waals surface area contributed by atoms with E-state index in [2.05, 4.69) is 0 Å². The average molecular weight is 139 g/mol. The van der Waals surface area contributed by atoms with Crippen LogP contribution in [0.2, 0.25) is 0 Å². The topological polar surface area (TPSA) is 35.2 Å². The fourth-order valence-electron chi connectivity index (χ4n) is 0.661. The third-order valence-electron chi connectivity index (χ3n) is 1.09. The van der Waals surface area contributed by atoms with E-state index in [0.29, 0.717) is 18.0 Å². The molecule has 2 N–H and O–H groups in total. The van der Waals surface area contributed by atoms with E-state index in [4.69, 9.17) is 13.2 Å². The smallest absolute Gasteiger partial charge is 0.142 e. The zero-order valence-electron chi connectivity index (χ0n) is 7.85. The minimum Gasteiger partial charge on any atom is -0.492 e. The minimum absolute atomic E-state index is 0.144. The van der Waals surface area contributed by atoms with Gasteiger partial charge in [0.05, 0.1) is 15.0 Å². The van der Waals surface area contributed by atoms with Crippen LogP contribution in [0.5, 0.6) is 5.75 Å². The Hall–Kier alpha value is -1.18. The molecule has 1 aromatic rings. The van der Waals surface area contributed by atoms with E-state index < -0.39 is 0 Å². The molecule has 0 bridgehead atoms. The lowest BCUT2D eigenvalue weighted by molar-refractivity contribution is 0.342. The van der Waals surface area contributed by atoms with Crippen LogP contribution >= 0.6 is 0 Å². The van der Waals surface area contributed by atoms with Crippen molar-refractivity contribution in [1.82, 2.24) is 0 Å². The summed E-state index contributed by atoms with van der Waals surface area (Å²) in [5.74, 6) is 0.426. The molecule has 0 heterocycles. The number of nitrogens with two attached hydrogens (primary N) is 1. The molecule has 0 aliphatic rings. The van der Waals surface area contributed by atoms with Crippen LogP contribution in [0.4, 0.5) is 5.69 Å². The van der Waals surface area contributed by atoms with E-state index in [9.17, 15) is 0 Å². The number of rotatable bonds is 2. The van der Waals surface area contributed by atoms with E-state index in [1.165, 1.54) is 12.1 Å². The van der Waals surface area contributed by atoms with Gasteiger partial charge in [-0.1, -0.05) is 12.1 Å². The predicted molar refractivity (Wildman–Crippen MR) is 42.0 cm³/mol. The van der Waals surface area contributed by atoms with E-state index in [1.807, 2.05) is 6.92 Å². The maximum Gasteiger partial charge on any atom is 0.142 e. The molecule has 0 radical (unpaired) electrons. The summed E-state index contributed by atoms with van der Waals surface area (Å²) in [4.78, 5) is 0. The molecule has 0 unspecified atom stereocenters. The fraction of sp³-hybridized carbons (Fsp3) is 0.250. The van der Waals surface area contributed by atoms with Gasteiger partial charge in [-0.3, -0.25) is 0 Å². The monoisotopic (exact) mass is 139 g/mol. The van der Waals surface area contributed by atoms with Crippen molar-refractivity contribution in [2.45, 2.75) is 6.92 Å². The highest BCUT2D eigenvalue weighted by molar-refractivity contribution is 5.51. The minimum atomic E-state index is 0.144. The quantitative estimate of drug-likeness (QED) is 0.632. The first-order valence-electron chi connectivity index (χ1n) is 4.14. The third-order valence-corrected chi connectivity index (χ3v) is 1.09. The molecule has 2 heteroatoms. The van der Waals surface area contributed by atoms with Crippen LogP contribution in [-0.2, 0) is 0 Å². The van der Waals surface area contributed by atoms with Crippen LogP contribution in [-0.4, -0.2) is 6.61 Å². The Bertz CT molecular complexity index is 289. The maximum atomic E-state index is 7.35. The predicted octanol–water partition coefficient (Wildman–Crippen LogP) is 1.67. The van der Waals surface area contributed by atoms with Gasteiger partial charge < -0.3 is 10.5 Å². The van der Waals surface area contributed by atoms with Gasteiger partial charge in [0.15, 0.2) is 0 Å². The van der Waals surface area contributed by atoms with Crippen molar-refractivity contribution in [3.8, 4) is 5.75 Å². The van der Waals surface area contributed by atoms with Crippen LogP contribution in [0, 0.1) is 0 Å². The van der Waals surface area contributed by atoms with Crippen LogP contribution in [0.3, 0.4) is 0 Å². The molecule has 0 saturated carbocycles. The molecule has 1 aromatic carbocycles. The number of para-hydroxylation sites is 2. The Kier molecular flexibility index (Phi) is 1.43. The van der Waals surface area contributed by atoms with Crippen molar-refractivity contribution in [1.29, 1.82) is 0 Å². The molecule has 10 heavy (non-hydrogen) atoms. The summed E-state index contributed by atoms with van der Waals surface area (Å²) >= 11 is 0. The summed E-state index contributed by atoms with van der Waals surface area (Å²) in [6.45, 7) is 2.33. The number of anilines is 1. The van der Waals surface area contributed by atoms with E-state index in [0.717, 1.165) is 0 Å². The zero-order chi connectivity index (χ0) is 9.14. The van der Waals surface area contributed by atoms with Crippen LogP contribution < -0.4 is 10.5 Å². The lowest BCUT2D eigenvalue weighted by atomic mass is 10.3. The normalized spacial score (nSPS) is 12.1. The number of benzene rings is 1. The van der Waals surface area contributed by atoms with Gasteiger partial charge in [0.1, 0.15) is 5.75 Å². The van der Waals surface area contributed by atoms with Crippen LogP contribution in [0.15, 0.2) is 24.2 Å². The van der Waals surface area contributed by atoms with Gasteiger partial charge in [-0.25, -0.2) is 0 Å². The number of ether oxygens (including phenoxy) is 1.